The fourth-order valence-corrected chi connectivity index (χ4v) is 4.16. The van der Waals surface area contributed by atoms with E-state index < -0.39 is 0 Å². The van der Waals surface area contributed by atoms with Gasteiger partial charge in [-0.2, -0.15) is 0 Å². The van der Waals surface area contributed by atoms with Crippen LogP contribution in [0.5, 0.6) is 0 Å². The average Bonchev–Trinajstić information content (AvgIpc) is 3.08. The molecule has 24 heavy (non-hydrogen) atoms. The van der Waals surface area contributed by atoms with Gasteiger partial charge in [0.1, 0.15) is 5.78 Å². The van der Waals surface area contributed by atoms with E-state index >= 15 is 0 Å². The van der Waals surface area contributed by atoms with Gasteiger partial charge in [0.2, 0.25) is 0 Å². The van der Waals surface area contributed by atoms with Crippen molar-refractivity contribution >= 4 is 5.78 Å². The van der Waals surface area contributed by atoms with Crippen molar-refractivity contribution in [3.8, 4) is 0 Å². The molecule has 130 valence electrons. The summed E-state index contributed by atoms with van der Waals surface area (Å²) in [6.45, 7) is 3.60. The van der Waals surface area contributed by atoms with Crippen LogP contribution in [-0.4, -0.2) is 55.5 Å². The van der Waals surface area contributed by atoms with Gasteiger partial charge in [-0.05, 0) is 18.4 Å². The van der Waals surface area contributed by atoms with Gasteiger partial charge < -0.3 is 14.2 Å². The fraction of sp³-hybridized carbons (Fsp3) is 0.632. The van der Waals surface area contributed by atoms with E-state index in [0.717, 1.165) is 32.6 Å². The number of morpholine rings is 1. The summed E-state index contributed by atoms with van der Waals surface area (Å²) in [5.74, 6) is 0.405. The first-order valence-electron chi connectivity index (χ1n) is 8.93. The van der Waals surface area contributed by atoms with Crippen molar-refractivity contribution in [1.82, 2.24) is 4.90 Å². The van der Waals surface area contributed by atoms with E-state index in [2.05, 4.69) is 29.2 Å². The highest BCUT2D eigenvalue weighted by atomic mass is 16.7. The first kappa shape index (κ1) is 16.2. The third-order valence-corrected chi connectivity index (χ3v) is 5.39. The molecule has 3 fully saturated rings. The maximum atomic E-state index is 12.6. The molecule has 0 amide bonds. The molecule has 0 saturated carbocycles. The molecule has 1 aromatic carbocycles. The van der Waals surface area contributed by atoms with E-state index in [1.54, 1.807) is 0 Å². The smallest absolute Gasteiger partial charge is 0.164 e. The molecule has 2 unspecified atom stereocenters. The minimum atomic E-state index is -0.323. The second kappa shape index (κ2) is 7.31. The topological polar surface area (TPSA) is 48.0 Å². The molecule has 5 heteroatoms. The SMILES string of the molecule is O=C(CC1OCCO1)C1CC2COCC(C1)N2Cc1ccccc1. The number of Topliss-reactive ketones (excluding diaryl/α,β-unsaturated/α-hetero) is 1. The van der Waals surface area contributed by atoms with E-state index in [9.17, 15) is 4.79 Å². The monoisotopic (exact) mass is 331 g/mol. The van der Waals surface area contributed by atoms with Gasteiger partial charge in [-0.3, -0.25) is 9.69 Å². The Morgan fingerprint density at radius 1 is 1.04 bits per heavy atom. The van der Waals surface area contributed by atoms with Gasteiger partial charge in [0.05, 0.1) is 32.8 Å². The Morgan fingerprint density at radius 3 is 2.38 bits per heavy atom. The normalized spacial score (nSPS) is 31.2. The fourth-order valence-electron chi connectivity index (χ4n) is 4.16. The second-order valence-electron chi connectivity index (χ2n) is 7.01. The van der Waals surface area contributed by atoms with Crippen LogP contribution in [0.3, 0.4) is 0 Å². The molecule has 3 aliphatic rings. The van der Waals surface area contributed by atoms with Crippen LogP contribution in [0.25, 0.3) is 0 Å². The maximum absolute atomic E-state index is 12.6. The molecule has 0 spiro atoms. The lowest BCUT2D eigenvalue weighted by atomic mass is 9.81. The Morgan fingerprint density at radius 2 is 1.71 bits per heavy atom. The summed E-state index contributed by atoms with van der Waals surface area (Å²) < 4.78 is 16.6. The van der Waals surface area contributed by atoms with Crippen LogP contribution in [-0.2, 0) is 25.5 Å². The summed E-state index contributed by atoms with van der Waals surface area (Å²) in [6, 6.07) is 11.2. The number of benzene rings is 1. The maximum Gasteiger partial charge on any atom is 0.164 e. The van der Waals surface area contributed by atoms with Crippen LogP contribution >= 0.6 is 0 Å². The van der Waals surface area contributed by atoms with Crippen LogP contribution in [0, 0.1) is 5.92 Å². The van der Waals surface area contributed by atoms with Gasteiger partial charge in [-0.25, -0.2) is 0 Å². The van der Waals surface area contributed by atoms with Crippen LogP contribution in [0.1, 0.15) is 24.8 Å². The number of ether oxygens (including phenoxy) is 3. The van der Waals surface area contributed by atoms with Crippen LogP contribution in [0.2, 0.25) is 0 Å². The van der Waals surface area contributed by atoms with E-state index in [4.69, 9.17) is 14.2 Å². The predicted octanol–water partition coefficient (Wildman–Crippen LogP) is 2.00. The van der Waals surface area contributed by atoms with E-state index in [-0.39, 0.29) is 18.0 Å². The van der Waals surface area contributed by atoms with Gasteiger partial charge in [0, 0.05) is 24.5 Å². The molecule has 0 aliphatic carbocycles. The third-order valence-electron chi connectivity index (χ3n) is 5.39. The number of carbonyl (C=O) groups is 1. The minimum absolute atomic E-state index is 0.115. The van der Waals surface area contributed by atoms with Gasteiger partial charge in [-0.1, -0.05) is 30.3 Å². The Balaban J connectivity index is 1.39. The Hall–Kier alpha value is -1.27. The molecule has 2 bridgehead atoms. The zero-order valence-corrected chi connectivity index (χ0v) is 13.9. The number of nitrogens with zero attached hydrogens (tertiary/aromatic N) is 1. The highest BCUT2D eigenvalue weighted by molar-refractivity contribution is 5.81. The summed E-state index contributed by atoms with van der Waals surface area (Å²) in [6.07, 6.45) is 1.84. The third kappa shape index (κ3) is 3.54. The lowest BCUT2D eigenvalue weighted by Crippen LogP contribution is -2.57. The molecule has 0 radical (unpaired) electrons. The Labute approximate surface area is 142 Å². The molecule has 3 heterocycles. The molecule has 2 atom stereocenters. The Kier molecular flexibility index (Phi) is 4.94. The van der Waals surface area contributed by atoms with Crippen molar-refractivity contribution in [2.45, 2.75) is 44.2 Å². The summed E-state index contributed by atoms with van der Waals surface area (Å²) in [5, 5.41) is 0. The average molecular weight is 331 g/mol. The molecule has 0 aromatic heterocycles. The number of piperidine rings is 1. The molecule has 4 rings (SSSR count). The van der Waals surface area contributed by atoms with Crippen molar-refractivity contribution < 1.29 is 19.0 Å². The Bertz CT molecular complexity index is 544. The van der Waals surface area contributed by atoms with E-state index in [1.807, 2.05) is 6.07 Å². The summed E-state index contributed by atoms with van der Waals surface area (Å²) >= 11 is 0. The van der Waals surface area contributed by atoms with Crippen molar-refractivity contribution in [3.63, 3.8) is 0 Å². The first-order chi connectivity index (χ1) is 11.8. The number of fused-ring (bicyclic) bond motifs is 2. The molecule has 5 nitrogen and oxygen atoms in total. The quantitative estimate of drug-likeness (QED) is 0.826. The minimum Gasteiger partial charge on any atom is -0.378 e. The molecular formula is C19H25NO4. The van der Waals surface area contributed by atoms with Crippen molar-refractivity contribution in [2.75, 3.05) is 26.4 Å². The molecular weight excluding hydrogens is 306 g/mol. The number of hydrogen-bond donors (Lipinski definition) is 0. The standard InChI is InChI=1S/C19H25NO4/c21-18(10-19-23-6-7-24-19)15-8-16-12-22-13-17(9-15)20(16)11-14-4-2-1-3-5-14/h1-5,15-17,19H,6-13H2. The highest BCUT2D eigenvalue weighted by Crippen LogP contribution is 2.34. The number of carbonyl (C=O) groups excluding carboxylic acids is 1. The molecule has 3 saturated heterocycles. The number of ketones is 1. The molecule has 1 aromatic rings. The summed E-state index contributed by atoms with van der Waals surface area (Å²) in [4.78, 5) is 15.2. The van der Waals surface area contributed by atoms with Gasteiger partial charge in [0.15, 0.2) is 6.29 Å². The van der Waals surface area contributed by atoms with Crippen molar-refractivity contribution in [2.24, 2.45) is 5.92 Å². The van der Waals surface area contributed by atoms with Crippen LogP contribution < -0.4 is 0 Å². The van der Waals surface area contributed by atoms with Gasteiger partial charge >= 0.3 is 0 Å². The lowest BCUT2D eigenvalue weighted by molar-refractivity contribution is -0.140. The number of hydrogen-bond acceptors (Lipinski definition) is 5. The van der Waals surface area contributed by atoms with Crippen LogP contribution in [0.15, 0.2) is 30.3 Å². The van der Waals surface area contributed by atoms with E-state index in [0.29, 0.717) is 31.7 Å². The summed E-state index contributed by atoms with van der Waals surface area (Å²) in [5.41, 5.74) is 1.33. The molecule has 3 aliphatic heterocycles. The van der Waals surface area contributed by atoms with Crippen molar-refractivity contribution in [3.05, 3.63) is 35.9 Å². The van der Waals surface area contributed by atoms with Crippen molar-refractivity contribution in [1.29, 1.82) is 0 Å². The predicted molar refractivity (Wildman–Crippen MR) is 88.4 cm³/mol. The number of rotatable bonds is 5. The zero-order chi connectivity index (χ0) is 16.4. The molecule has 0 N–H and O–H groups in total. The largest absolute Gasteiger partial charge is 0.378 e. The highest BCUT2D eigenvalue weighted by Gasteiger charge is 2.41. The second-order valence-corrected chi connectivity index (χ2v) is 7.01. The summed E-state index contributed by atoms with van der Waals surface area (Å²) in [7, 11) is 0. The van der Waals surface area contributed by atoms with Gasteiger partial charge in [0.25, 0.3) is 0 Å². The van der Waals surface area contributed by atoms with Crippen LogP contribution in [0.4, 0.5) is 0 Å². The van der Waals surface area contributed by atoms with E-state index in [1.165, 1.54) is 5.56 Å². The van der Waals surface area contributed by atoms with Gasteiger partial charge in [-0.15, -0.1) is 0 Å². The lowest BCUT2D eigenvalue weighted by Gasteiger charge is -2.48. The first-order valence-corrected chi connectivity index (χ1v) is 8.93. The zero-order valence-electron chi connectivity index (χ0n) is 13.9.